The van der Waals surface area contributed by atoms with Gasteiger partial charge in [-0.2, -0.15) is 9.78 Å². The molecule has 1 N–H and O–H groups in total. The van der Waals surface area contributed by atoms with Gasteiger partial charge in [0.2, 0.25) is 5.91 Å². The van der Waals surface area contributed by atoms with Gasteiger partial charge in [-0.1, -0.05) is 12.1 Å². The summed E-state index contributed by atoms with van der Waals surface area (Å²) in [6, 6.07) is 7.55. The van der Waals surface area contributed by atoms with Crippen LogP contribution in [0.3, 0.4) is 0 Å². The molecule has 156 valence electrons. The number of aryl methyl sites for hydroxylation is 1. The first-order chi connectivity index (χ1) is 14.5. The van der Waals surface area contributed by atoms with E-state index in [2.05, 4.69) is 20.4 Å². The second-order valence-electron chi connectivity index (χ2n) is 7.09. The van der Waals surface area contributed by atoms with Crippen molar-refractivity contribution in [2.24, 2.45) is 0 Å². The third-order valence-corrected chi connectivity index (χ3v) is 5.87. The number of anilines is 1. The Morgan fingerprint density at radius 3 is 2.70 bits per heavy atom. The van der Waals surface area contributed by atoms with Crippen molar-refractivity contribution in [3.8, 4) is 17.4 Å². The third kappa shape index (κ3) is 3.72. The number of benzene rings is 1. The van der Waals surface area contributed by atoms with Crippen molar-refractivity contribution in [3.05, 3.63) is 53.5 Å². The smallest absolute Gasteiger partial charge is 0.252 e. The predicted octanol–water partition coefficient (Wildman–Crippen LogP) is 3.54. The fraction of sp³-hybridized carbons (Fsp3) is 0.333. The third-order valence-electron chi connectivity index (χ3n) is 4.61. The summed E-state index contributed by atoms with van der Waals surface area (Å²) < 4.78 is 13.3. The molecule has 1 aliphatic heterocycles. The molecule has 3 aromatic rings. The van der Waals surface area contributed by atoms with Crippen LogP contribution in [-0.2, 0) is 4.79 Å². The number of nitrogens with zero attached hydrogens (tertiary/aromatic N) is 4. The molecule has 0 spiro atoms. The van der Waals surface area contributed by atoms with E-state index in [1.165, 1.54) is 11.8 Å². The lowest BCUT2D eigenvalue weighted by molar-refractivity contribution is -0.113. The van der Waals surface area contributed by atoms with Crippen molar-refractivity contribution in [1.29, 1.82) is 0 Å². The lowest BCUT2D eigenvalue weighted by atomic mass is 10.0. The minimum Gasteiger partial charge on any atom is -0.493 e. The zero-order chi connectivity index (χ0) is 21.3. The standard InChI is InChI=1S/C21H23N5O3S/c1-12(2)29-18-14(7-5-8-15(18)28-4)19-17-13(3)25-26(21-22-9-6-10-23-21)20(17)24-16(27)11-30-19/h5-10,12,19H,11H2,1-4H3,(H,24,27)/t19-/m1/s1. The van der Waals surface area contributed by atoms with E-state index in [0.29, 0.717) is 29.0 Å². The van der Waals surface area contributed by atoms with Crippen molar-refractivity contribution in [3.63, 3.8) is 0 Å². The average Bonchev–Trinajstić information content (AvgIpc) is 2.94. The highest BCUT2D eigenvalue weighted by Crippen LogP contribution is 2.48. The summed E-state index contributed by atoms with van der Waals surface area (Å²) in [5.41, 5.74) is 2.62. The second-order valence-corrected chi connectivity index (χ2v) is 8.19. The van der Waals surface area contributed by atoms with E-state index in [-0.39, 0.29) is 17.3 Å². The Morgan fingerprint density at radius 2 is 2.00 bits per heavy atom. The number of ether oxygens (including phenoxy) is 2. The molecular weight excluding hydrogens is 402 g/mol. The Balaban J connectivity index is 1.91. The molecule has 0 bridgehead atoms. The van der Waals surface area contributed by atoms with Gasteiger partial charge in [0.1, 0.15) is 5.82 Å². The number of hydrogen-bond donors (Lipinski definition) is 1. The normalized spacial score (nSPS) is 16.0. The summed E-state index contributed by atoms with van der Waals surface area (Å²) in [5, 5.41) is 7.45. The molecule has 0 radical (unpaired) electrons. The average molecular weight is 426 g/mol. The number of carbonyl (C=O) groups excluding carboxylic acids is 1. The fourth-order valence-electron chi connectivity index (χ4n) is 3.44. The molecule has 0 saturated carbocycles. The van der Waals surface area contributed by atoms with E-state index in [1.807, 2.05) is 39.0 Å². The summed E-state index contributed by atoms with van der Waals surface area (Å²) in [7, 11) is 1.62. The van der Waals surface area contributed by atoms with Crippen LogP contribution in [0.2, 0.25) is 0 Å². The second kappa shape index (κ2) is 8.35. The van der Waals surface area contributed by atoms with E-state index in [1.54, 1.807) is 30.3 Å². The van der Waals surface area contributed by atoms with Gasteiger partial charge in [-0.15, -0.1) is 11.8 Å². The topological polar surface area (TPSA) is 91.2 Å². The Morgan fingerprint density at radius 1 is 1.23 bits per heavy atom. The van der Waals surface area contributed by atoms with E-state index in [0.717, 1.165) is 16.8 Å². The Bertz CT molecular complexity index is 1070. The summed E-state index contributed by atoms with van der Waals surface area (Å²) in [5.74, 6) is 2.51. The molecule has 0 unspecified atom stereocenters. The van der Waals surface area contributed by atoms with Gasteiger partial charge in [-0.05, 0) is 32.9 Å². The van der Waals surface area contributed by atoms with Crippen LogP contribution in [0.4, 0.5) is 5.82 Å². The summed E-state index contributed by atoms with van der Waals surface area (Å²) in [6.07, 6.45) is 3.26. The van der Waals surface area contributed by atoms with Gasteiger partial charge in [-0.25, -0.2) is 9.97 Å². The maximum atomic E-state index is 12.5. The molecule has 1 amide bonds. The van der Waals surface area contributed by atoms with Crippen molar-refractivity contribution >= 4 is 23.5 Å². The first kappa shape index (κ1) is 20.2. The van der Waals surface area contributed by atoms with Crippen LogP contribution < -0.4 is 14.8 Å². The zero-order valence-electron chi connectivity index (χ0n) is 17.2. The van der Waals surface area contributed by atoms with Crippen LogP contribution >= 0.6 is 11.8 Å². The number of amides is 1. The molecule has 1 atom stereocenters. The van der Waals surface area contributed by atoms with Gasteiger partial charge in [0.05, 0.1) is 29.9 Å². The van der Waals surface area contributed by atoms with Gasteiger partial charge in [0.15, 0.2) is 11.5 Å². The highest BCUT2D eigenvalue weighted by molar-refractivity contribution is 8.00. The molecule has 2 aromatic heterocycles. The van der Waals surface area contributed by atoms with Crippen molar-refractivity contribution in [2.75, 3.05) is 18.2 Å². The van der Waals surface area contributed by atoms with Crippen LogP contribution in [0.25, 0.3) is 5.95 Å². The molecule has 0 aliphatic carbocycles. The van der Waals surface area contributed by atoms with Gasteiger partial charge in [0, 0.05) is 23.5 Å². The van der Waals surface area contributed by atoms with Crippen LogP contribution in [0.1, 0.15) is 35.9 Å². The molecule has 0 fully saturated rings. The molecule has 8 nitrogen and oxygen atoms in total. The van der Waals surface area contributed by atoms with Crippen LogP contribution in [0, 0.1) is 6.92 Å². The number of nitrogens with one attached hydrogen (secondary N) is 1. The highest BCUT2D eigenvalue weighted by Gasteiger charge is 2.33. The van der Waals surface area contributed by atoms with Crippen LogP contribution in [0.15, 0.2) is 36.7 Å². The molecule has 1 aromatic carbocycles. The minimum atomic E-state index is -0.180. The molecule has 1 aliphatic rings. The zero-order valence-corrected chi connectivity index (χ0v) is 18.1. The van der Waals surface area contributed by atoms with Gasteiger partial charge in [-0.3, -0.25) is 4.79 Å². The highest BCUT2D eigenvalue weighted by atomic mass is 32.2. The molecule has 3 heterocycles. The van der Waals surface area contributed by atoms with Crippen LogP contribution in [0.5, 0.6) is 11.5 Å². The minimum absolute atomic E-state index is 0.0309. The Kier molecular flexibility index (Phi) is 5.63. The van der Waals surface area contributed by atoms with Gasteiger partial charge < -0.3 is 14.8 Å². The first-order valence-corrected chi connectivity index (χ1v) is 10.7. The van der Waals surface area contributed by atoms with Gasteiger partial charge in [0.25, 0.3) is 5.95 Å². The number of fused-ring (bicyclic) bond motifs is 1. The summed E-state index contributed by atoms with van der Waals surface area (Å²) in [4.78, 5) is 21.1. The van der Waals surface area contributed by atoms with Gasteiger partial charge >= 0.3 is 0 Å². The van der Waals surface area contributed by atoms with E-state index in [9.17, 15) is 4.79 Å². The molecule has 9 heteroatoms. The Hall–Kier alpha value is -3.07. The SMILES string of the molecule is COc1cccc([C@H]2SCC(=O)Nc3c2c(C)nn3-c2ncccn2)c1OC(C)C. The van der Waals surface area contributed by atoms with E-state index in [4.69, 9.17) is 9.47 Å². The van der Waals surface area contributed by atoms with E-state index < -0.39 is 0 Å². The maximum Gasteiger partial charge on any atom is 0.252 e. The largest absolute Gasteiger partial charge is 0.493 e. The summed E-state index contributed by atoms with van der Waals surface area (Å²) in [6.45, 7) is 5.87. The monoisotopic (exact) mass is 425 g/mol. The molecular formula is C21H23N5O3S. The molecule has 4 rings (SSSR count). The number of aromatic nitrogens is 4. The molecule has 0 saturated heterocycles. The van der Waals surface area contributed by atoms with Crippen molar-refractivity contribution < 1.29 is 14.3 Å². The predicted molar refractivity (Wildman–Crippen MR) is 116 cm³/mol. The molecule has 30 heavy (non-hydrogen) atoms. The quantitative estimate of drug-likeness (QED) is 0.668. The number of methoxy groups -OCH3 is 1. The maximum absolute atomic E-state index is 12.5. The van der Waals surface area contributed by atoms with Crippen molar-refractivity contribution in [2.45, 2.75) is 32.1 Å². The number of thioether (sulfide) groups is 1. The summed E-state index contributed by atoms with van der Waals surface area (Å²) >= 11 is 1.53. The number of rotatable bonds is 5. The first-order valence-electron chi connectivity index (χ1n) is 9.61. The fourth-order valence-corrected chi connectivity index (χ4v) is 4.64. The number of para-hydroxylation sites is 1. The lowest BCUT2D eigenvalue weighted by Crippen LogP contribution is -2.16. The van der Waals surface area contributed by atoms with Crippen molar-refractivity contribution in [1.82, 2.24) is 19.7 Å². The number of carbonyl (C=O) groups is 1. The lowest BCUT2D eigenvalue weighted by Gasteiger charge is -2.22. The van der Waals surface area contributed by atoms with E-state index >= 15 is 0 Å². The Labute approximate surface area is 179 Å². The number of hydrogen-bond acceptors (Lipinski definition) is 7. The van der Waals surface area contributed by atoms with Crippen LogP contribution in [-0.4, -0.2) is 44.6 Å².